The Bertz CT molecular complexity index is 331. The number of hydrogen-bond acceptors (Lipinski definition) is 0. The van der Waals surface area contributed by atoms with Crippen LogP contribution in [0.5, 0.6) is 0 Å². The summed E-state index contributed by atoms with van der Waals surface area (Å²) in [5, 5.41) is 0. The topological polar surface area (TPSA) is 0 Å². The van der Waals surface area contributed by atoms with Crippen molar-refractivity contribution in [2.24, 2.45) is 10.8 Å². The second kappa shape index (κ2) is 7.10. The maximum absolute atomic E-state index is 2.45. The molecule has 1 fully saturated rings. The van der Waals surface area contributed by atoms with Crippen LogP contribution in [0.25, 0.3) is 0 Å². The van der Waals surface area contributed by atoms with E-state index in [0.29, 0.717) is 10.8 Å². The first-order valence-electron chi connectivity index (χ1n) is 6.59. The molecule has 0 saturated heterocycles. The Morgan fingerprint density at radius 2 is 1.61 bits per heavy atom. The number of hydrogen-bond donors (Lipinski definition) is 0. The SMILES string of the molecule is CC(C)(C)C1(C2=[C]([Zr+2])CC=C2)CCCCC1.[Cl-].[Cl-]. The molecule has 0 aromatic rings. The third-order valence-electron chi connectivity index (χ3n) is 4.59. The molecular weight excluding hydrogens is 342 g/mol. The quantitative estimate of drug-likeness (QED) is 0.545. The minimum Gasteiger partial charge on any atom is -1.00 e. The summed E-state index contributed by atoms with van der Waals surface area (Å²) in [6.45, 7) is 7.34. The molecule has 101 valence electrons. The van der Waals surface area contributed by atoms with E-state index in [1.807, 2.05) is 0 Å². The summed E-state index contributed by atoms with van der Waals surface area (Å²) < 4.78 is 1.71. The van der Waals surface area contributed by atoms with Crippen LogP contribution in [0.1, 0.15) is 59.3 Å². The number of rotatable bonds is 1. The van der Waals surface area contributed by atoms with Gasteiger partial charge in [-0.1, -0.05) is 0 Å². The van der Waals surface area contributed by atoms with Crippen LogP contribution in [0, 0.1) is 10.8 Å². The third kappa shape index (κ3) is 3.33. The van der Waals surface area contributed by atoms with E-state index in [1.54, 1.807) is 33.6 Å². The van der Waals surface area contributed by atoms with E-state index in [2.05, 4.69) is 32.9 Å². The predicted molar refractivity (Wildman–Crippen MR) is 65.8 cm³/mol. The second-order valence-corrected chi connectivity index (χ2v) is 7.88. The van der Waals surface area contributed by atoms with Crippen molar-refractivity contribution < 1.29 is 49.5 Å². The van der Waals surface area contributed by atoms with Crippen molar-refractivity contribution in [3.8, 4) is 0 Å². The van der Waals surface area contributed by atoms with Crippen molar-refractivity contribution in [3.05, 3.63) is 21.0 Å². The molecule has 0 atom stereocenters. The average Bonchev–Trinajstić information content (AvgIpc) is 2.64. The van der Waals surface area contributed by atoms with Gasteiger partial charge in [0.2, 0.25) is 0 Å². The van der Waals surface area contributed by atoms with E-state index in [4.69, 9.17) is 0 Å². The Hall–Kier alpha value is 0.943. The van der Waals surface area contributed by atoms with Gasteiger partial charge in [-0.3, -0.25) is 0 Å². The van der Waals surface area contributed by atoms with Gasteiger partial charge in [-0.05, 0) is 0 Å². The van der Waals surface area contributed by atoms with Crippen molar-refractivity contribution in [3.63, 3.8) is 0 Å². The molecule has 2 rings (SSSR count). The van der Waals surface area contributed by atoms with Crippen LogP contribution in [0.4, 0.5) is 0 Å². The van der Waals surface area contributed by atoms with Crippen LogP contribution in [0.15, 0.2) is 21.0 Å². The van der Waals surface area contributed by atoms with Crippen molar-refractivity contribution in [1.29, 1.82) is 0 Å². The van der Waals surface area contributed by atoms with E-state index in [0.717, 1.165) is 0 Å². The molecule has 1 saturated carbocycles. The summed E-state index contributed by atoms with van der Waals surface area (Å²) in [5.41, 5.74) is 2.62. The molecule has 0 bridgehead atoms. The van der Waals surface area contributed by atoms with Gasteiger partial charge in [0.15, 0.2) is 0 Å². The first-order chi connectivity index (χ1) is 7.47. The smallest absolute Gasteiger partial charge is 1.00 e. The van der Waals surface area contributed by atoms with Crippen molar-refractivity contribution in [1.82, 2.24) is 0 Å². The van der Waals surface area contributed by atoms with Crippen molar-refractivity contribution in [2.75, 3.05) is 0 Å². The van der Waals surface area contributed by atoms with E-state index in [9.17, 15) is 0 Å². The Morgan fingerprint density at radius 1 is 1.06 bits per heavy atom. The van der Waals surface area contributed by atoms with Crippen molar-refractivity contribution >= 4 is 0 Å². The molecule has 0 N–H and O–H groups in total. The fourth-order valence-corrected chi connectivity index (χ4v) is 4.61. The zero-order chi connectivity index (χ0) is 11.8. The molecule has 0 aromatic carbocycles. The maximum Gasteiger partial charge on any atom is -1.00 e. The molecule has 0 aromatic heterocycles. The number of allylic oxidation sites excluding steroid dienone is 4. The molecule has 2 aliphatic carbocycles. The number of halogens is 2. The summed E-state index contributed by atoms with van der Waals surface area (Å²) in [4.78, 5) is 0. The predicted octanol–water partition coefficient (Wildman–Crippen LogP) is -1.25. The van der Waals surface area contributed by atoms with E-state index in [1.165, 1.54) is 38.5 Å². The van der Waals surface area contributed by atoms with Gasteiger partial charge in [-0.2, -0.15) is 0 Å². The van der Waals surface area contributed by atoms with E-state index in [-0.39, 0.29) is 24.8 Å². The molecule has 0 unspecified atom stereocenters. The average molecular weight is 365 g/mol. The van der Waals surface area contributed by atoms with Gasteiger partial charge in [0, 0.05) is 0 Å². The fraction of sp³-hybridized carbons (Fsp3) is 0.733. The molecule has 0 spiro atoms. The monoisotopic (exact) mass is 363 g/mol. The van der Waals surface area contributed by atoms with Crippen LogP contribution >= 0.6 is 0 Å². The van der Waals surface area contributed by atoms with E-state index < -0.39 is 0 Å². The van der Waals surface area contributed by atoms with Gasteiger partial charge >= 0.3 is 116 Å². The molecule has 2 aliphatic rings. The van der Waals surface area contributed by atoms with Crippen LogP contribution in [0.3, 0.4) is 0 Å². The normalized spacial score (nSPS) is 22.5. The zero-order valence-electron chi connectivity index (χ0n) is 11.7. The largest absolute Gasteiger partial charge is 1.00 e. The van der Waals surface area contributed by atoms with Gasteiger partial charge in [0.1, 0.15) is 0 Å². The fourth-order valence-electron chi connectivity index (χ4n) is 3.53. The van der Waals surface area contributed by atoms with Crippen LogP contribution < -0.4 is 24.8 Å². The summed E-state index contributed by atoms with van der Waals surface area (Å²) in [5.74, 6) is 0. The van der Waals surface area contributed by atoms with Crippen molar-refractivity contribution in [2.45, 2.75) is 59.3 Å². The Morgan fingerprint density at radius 3 is 2.00 bits per heavy atom. The summed E-state index contributed by atoms with van der Waals surface area (Å²) >= 11 is 1.63. The Labute approximate surface area is 140 Å². The zero-order valence-corrected chi connectivity index (χ0v) is 15.6. The molecule has 0 amide bonds. The first kappa shape index (κ1) is 18.9. The van der Waals surface area contributed by atoms with Gasteiger partial charge in [-0.15, -0.1) is 0 Å². The second-order valence-electron chi connectivity index (χ2n) is 6.39. The summed E-state index contributed by atoms with van der Waals surface area (Å²) in [7, 11) is 0. The minimum absolute atomic E-state index is 0. The molecular formula is C15H23Cl2Zr. The summed E-state index contributed by atoms with van der Waals surface area (Å²) in [6.07, 6.45) is 13.2. The first-order valence-corrected chi connectivity index (χ1v) is 7.82. The van der Waals surface area contributed by atoms with Gasteiger partial charge in [-0.25, -0.2) is 0 Å². The molecule has 0 aliphatic heterocycles. The van der Waals surface area contributed by atoms with Gasteiger partial charge in [0.25, 0.3) is 0 Å². The van der Waals surface area contributed by atoms with Gasteiger partial charge in [0.05, 0.1) is 0 Å². The van der Waals surface area contributed by atoms with Crippen LogP contribution in [-0.2, 0) is 24.7 Å². The minimum atomic E-state index is 0. The molecule has 0 radical (unpaired) electrons. The molecule has 18 heavy (non-hydrogen) atoms. The Balaban J connectivity index is 0.00000144. The molecule has 3 heteroatoms. The van der Waals surface area contributed by atoms with Crippen LogP contribution in [0.2, 0.25) is 0 Å². The van der Waals surface area contributed by atoms with Gasteiger partial charge < -0.3 is 24.8 Å². The Kier molecular flexibility index (Phi) is 7.47. The summed E-state index contributed by atoms with van der Waals surface area (Å²) in [6, 6.07) is 0. The van der Waals surface area contributed by atoms with E-state index >= 15 is 0 Å². The third-order valence-corrected chi connectivity index (χ3v) is 5.75. The molecule has 0 heterocycles. The standard InChI is InChI=1S/C15H23.2ClH.Zr/c1-14(2,3)15(11-7-4-8-12-15)13-9-5-6-10-13;;;/h5,9H,4,6-8,11-12H2,1-3H3;2*1H;/q;;;+2/p-2. The molecule has 0 nitrogen and oxygen atoms in total. The van der Waals surface area contributed by atoms with Crippen LogP contribution in [-0.4, -0.2) is 0 Å². The maximum atomic E-state index is 2.45.